The molecule has 104 valence electrons. The fraction of sp³-hybridized carbons (Fsp3) is 0.200. The molecule has 0 bridgehead atoms. The summed E-state index contributed by atoms with van der Waals surface area (Å²) in [7, 11) is 3.45. The number of benzene rings is 1. The molecule has 0 spiro atoms. The second-order valence-electron chi connectivity index (χ2n) is 4.57. The lowest BCUT2D eigenvalue weighted by atomic mass is 10.2. The highest BCUT2D eigenvalue weighted by Crippen LogP contribution is 2.09. The van der Waals surface area contributed by atoms with Gasteiger partial charge >= 0.3 is 0 Å². The Bertz CT molecular complexity index is 634. The second-order valence-corrected chi connectivity index (χ2v) is 4.57. The van der Waals surface area contributed by atoms with Crippen molar-refractivity contribution in [2.24, 2.45) is 7.05 Å². The minimum absolute atomic E-state index is 0.183. The number of rotatable bonds is 4. The highest BCUT2D eigenvalue weighted by atomic mass is 19.1. The average molecular weight is 273 g/mol. The van der Waals surface area contributed by atoms with Crippen molar-refractivity contribution in [3.8, 4) is 0 Å². The average Bonchev–Trinajstić information content (AvgIpc) is 2.84. The fourth-order valence-corrected chi connectivity index (χ4v) is 1.78. The van der Waals surface area contributed by atoms with E-state index in [4.69, 9.17) is 0 Å². The molecule has 1 aromatic heterocycles. The van der Waals surface area contributed by atoms with Crippen LogP contribution in [0.4, 0.5) is 4.39 Å². The third kappa shape index (κ3) is 3.54. The number of hydrogen-bond acceptors (Lipinski definition) is 2. The lowest BCUT2D eigenvalue weighted by Gasteiger charge is -2.15. The van der Waals surface area contributed by atoms with Crippen molar-refractivity contribution >= 4 is 12.0 Å². The minimum atomic E-state index is -0.302. The zero-order valence-electron chi connectivity index (χ0n) is 11.5. The maximum absolute atomic E-state index is 13.5. The van der Waals surface area contributed by atoms with E-state index in [0.717, 1.165) is 5.56 Å². The molecule has 0 atom stereocenters. The molecule has 0 N–H and O–H groups in total. The Labute approximate surface area is 117 Å². The SMILES string of the molecule is CN(Cc1ccccc1F)C(=O)C=Cc1cnn(C)c1. The van der Waals surface area contributed by atoms with Crippen LogP contribution >= 0.6 is 0 Å². The number of aromatic nitrogens is 2. The van der Waals surface area contributed by atoms with Crippen LogP contribution in [0.3, 0.4) is 0 Å². The van der Waals surface area contributed by atoms with Gasteiger partial charge < -0.3 is 4.90 Å². The van der Waals surface area contributed by atoms with Crippen LogP contribution in [0.1, 0.15) is 11.1 Å². The van der Waals surface area contributed by atoms with Gasteiger partial charge in [-0.1, -0.05) is 18.2 Å². The molecule has 0 unspecified atom stereocenters. The molecule has 5 heteroatoms. The molecule has 0 radical (unpaired) electrons. The summed E-state index contributed by atoms with van der Waals surface area (Å²) >= 11 is 0. The second kappa shape index (κ2) is 6.14. The number of amides is 1. The zero-order chi connectivity index (χ0) is 14.5. The van der Waals surface area contributed by atoms with Gasteiger partial charge in [0.2, 0.25) is 5.91 Å². The van der Waals surface area contributed by atoms with Gasteiger partial charge in [-0.25, -0.2) is 4.39 Å². The molecule has 2 aromatic rings. The summed E-state index contributed by atoms with van der Waals surface area (Å²) in [6.45, 7) is 0.239. The number of nitrogens with zero attached hydrogens (tertiary/aromatic N) is 3. The summed E-state index contributed by atoms with van der Waals surface area (Å²) in [5, 5.41) is 4.01. The van der Waals surface area contributed by atoms with Gasteiger partial charge in [0.25, 0.3) is 0 Å². The van der Waals surface area contributed by atoms with Crippen LogP contribution in [0, 0.1) is 5.82 Å². The Morgan fingerprint density at radius 1 is 1.45 bits per heavy atom. The molecular weight excluding hydrogens is 257 g/mol. The molecule has 0 aliphatic heterocycles. The van der Waals surface area contributed by atoms with E-state index in [2.05, 4.69) is 5.10 Å². The van der Waals surface area contributed by atoms with Crippen LogP contribution in [-0.4, -0.2) is 27.6 Å². The Balaban J connectivity index is 1.99. The summed E-state index contributed by atoms with van der Waals surface area (Å²) in [6, 6.07) is 6.44. The Morgan fingerprint density at radius 2 is 2.20 bits per heavy atom. The number of carbonyl (C=O) groups excluding carboxylic acids is 1. The van der Waals surface area contributed by atoms with Crippen LogP contribution in [-0.2, 0) is 18.4 Å². The fourth-order valence-electron chi connectivity index (χ4n) is 1.78. The van der Waals surface area contributed by atoms with Gasteiger partial charge in [0.15, 0.2) is 0 Å². The molecule has 20 heavy (non-hydrogen) atoms. The van der Waals surface area contributed by atoms with E-state index >= 15 is 0 Å². The van der Waals surface area contributed by atoms with E-state index in [9.17, 15) is 9.18 Å². The topological polar surface area (TPSA) is 38.1 Å². The van der Waals surface area contributed by atoms with E-state index in [1.54, 1.807) is 48.4 Å². The highest BCUT2D eigenvalue weighted by molar-refractivity contribution is 5.91. The third-order valence-corrected chi connectivity index (χ3v) is 2.88. The Hall–Kier alpha value is -2.43. The van der Waals surface area contributed by atoms with Crippen molar-refractivity contribution in [2.75, 3.05) is 7.05 Å². The summed E-state index contributed by atoms with van der Waals surface area (Å²) in [5.74, 6) is -0.486. The van der Waals surface area contributed by atoms with Crippen LogP contribution in [0.2, 0.25) is 0 Å². The van der Waals surface area contributed by atoms with E-state index in [1.807, 2.05) is 7.05 Å². The number of hydrogen-bond donors (Lipinski definition) is 0. The van der Waals surface area contributed by atoms with Gasteiger partial charge in [-0.15, -0.1) is 0 Å². The Morgan fingerprint density at radius 3 is 2.85 bits per heavy atom. The van der Waals surface area contributed by atoms with Crippen molar-refractivity contribution in [3.63, 3.8) is 0 Å². The van der Waals surface area contributed by atoms with Crippen molar-refractivity contribution in [1.29, 1.82) is 0 Å². The van der Waals surface area contributed by atoms with Crippen molar-refractivity contribution in [1.82, 2.24) is 14.7 Å². The maximum atomic E-state index is 13.5. The van der Waals surface area contributed by atoms with E-state index < -0.39 is 0 Å². The van der Waals surface area contributed by atoms with Crippen molar-refractivity contribution in [3.05, 3.63) is 59.7 Å². The van der Waals surface area contributed by atoms with E-state index in [1.165, 1.54) is 17.0 Å². The van der Waals surface area contributed by atoms with Gasteiger partial charge in [0, 0.05) is 44.0 Å². The van der Waals surface area contributed by atoms with Crippen LogP contribution in [0.25, 0.3) is 6.08 Å². The van der Waals surface area contributed by atoms with E-state index in [0.29, 0.717) is 5.56 Å². The summed E-state index contributed by atoms with van der Waals surface area (Å²) < 4.78 is 15.2. The quantitative estimate of drug-likeness (QED) is 0.801. The number of carbonyl (C=O) groups is 1. The number of aryl methyl sites for hydroxylation is 1. The summed E-state index contributed by atoms with van der Waals surface area (Å²) in [4.78, 5) is 13.4. The molecule has 0 saturated heterocycles. The number of likely N-dealkylation sites (N-methyl/N-ethyl adjacent to an activating group) is 1. The minimum Gasteiger partial charge on any atom is -0.338 e. The third-order valence-electron chi connectivity index (χ3n) is 2.88. The predicted octanol–water partition coefficient (Wildman–Crippen LogP) is 2.23. The Kier molecular flexibility index (Phi) is 4.30. The first-order chi connectivity index (χ1) is 9.56. The molecule has 0 aliphatic carbocycles. The van der Waals surface area contributed by atoms with Crippen LogP contribution in [0.15, 0.2) is 42.7 Å². The first-order valence-electron chi connectivity index (χ1n) is 6.21. The molecule has 0 aliphatic rings. The van der Waals surface area contributed by atoms with E-state index in [-0.39, 0.29) is 18.3 Å². The van der Waals surface area contributed by atoms with Gasteiger partial charge in [-0.05, 0) is 12.1 Å². The lowest BCUT2D eigenvalue weighted by Crippen LogP contribution is -2.24. The first kappa shape index (κ1) is 14.0. The molecule has 4 nitrogen and oxygen atoms in total. The van der Waals surface area contributed by atoms with Crippen molar-refractivity contribution < 1.29 is 9.18 Å². The maximum Gasteiger partial charge on any atom is 0.246 e. The molecule has 1 amide bonds. The van der Waals surface area contributed by atoms with Gasteiger partial charge in [-0.3, -0.25) is 9.48 Å². The summed E-state index contributed by atoms with van der Waals surface area (Å²) in [5.41, 5.74) is 1.35. The molecule has 1 aromatic carbocycles. The standard InChI is InChI=1S/C15H16FN3O/c1-18(11-13-5-3-4-6-14(13)16)15(20)8-7-12-9-17-19(2)10-12/h3-10H,11H2,1-2H3. The highest BCUT2D eigenvalue weighted by Gasteiger charge is 2.08. The van der Waals surface area contributed by atoms with Gasteiger partial charge in [-0.2, -0.15) is 5.10 Å². The molecule has 0 fully saturated rings. The lowest BCUT2D eigenvalue weighted by molar-refractivity contribution is -0.125. The summed E-state index contributed by atoms with van der Waals surface area (Å²) in [6.07, 6.45) is 6.62. The van der Waals surface area contributed by atoms with Crippen LogP contribution in [0.5, 0.6) is 0 Å². The largest absolute Gasteiger partial charge is 0.338 e. The van der Waals surface area contributed by atoms with Crippen molar-refractivity contribution in [2.45, 2.75) is 6.54 Å². The number of halogens is 1. The molecule has 0 saturated carbocycles. The smallest absolute Gasteiger partial charge is 0.246 e. The molecule has 1 heterocycles. The molecular formula is C15H16FN3O. The predicted molar refractivity (Wildman–Crippen MR) is 75.1 cm³/mol. The van der Waals surface area contributed by atoms with Gasteiger partial charge in [0.1, 0.15) is 5.82 Å². The van der Waals surface area contributed by atoms with Gasteiger partial charge in [0.05, 0.1) is 6.20 Å². The normalized spacial score (nSPS) is 10.9. The monoisotopic (exact) mass is 273 g/mol. The van der Waals surface area contributed by atoms with Crippen LogP contribution < -0.4 is 0 Å². The molecule has 2 rings (SSSR count). The first-order valence-corrected chi connectivity index (χ1v) is 6.21. The zero-order valence-corrected chi connectivity index (χ0v) is 11.5.